The average Bonchev–Trinajstić information content (AvgIpc) is 3.88. The maximum absolute atomic E-state index is 11.3. The fraction of sp³-hybridized carbons (Fsp3) is 0.174. The lowest BCUT2D eigenvalue weighted by molar-refractivity contribution is -0.132. The van der Waals surface area contributed by atoms with E-state index in [0.717, 1.165) is 57.6 Å². The summed E-state index contributed by atoms with van der Waals surface area (Å²) in [4.78, 5) is 14.9. The van der Waals surface area contributed by atoms with Crippen LogP contribution in [0.3, 0.4) is 0 Å². The molecule has 0 fully saturated rings. The Morgan fingerprint density at radius 3 is 1.91 bits per heavy atom. The zero-order valence-corrected chi connectivity index (χ0v) is 31.7. The summed E-state index contributed by atoms with van der Waals surface area (Å²) in [5.74, 6) is -1.24. The molecule has 0 saturated heterocycles. The second kappa shape index (κ2) is 17.3. The molecule has 0 radical (unpaired) electrons. The first-order valence-electron chi connectivity index (χ1n) is 18.4. The average molecular weight is 745 g/mol. The molecule has 5 aromatic carbocycles. The number of aliphatic carboxylic acids is 1. The summed E-state index contributed by atoms with van der Waals surface area (Å²) in [7, 11) is 0. The van der Waals surface area contributed by atoms with Gasteiger partial charge in [-0.15, -0.1) is 11.3 Å². The fourth-order valence-electron chi connectivity index (χ4n) is 6.93. The highest BCUT2D eigenvalue weighted by Gasteiger charge is 2.21. The number of unbranched alkanes of at least 4 members (excludes halogenated alkanes) is 5. The van der Waals surface area contributed by atoms with Gasteiger partial charge in [0.05, 0.1) is 11.7 Å². The van der Waals surface area contributed by atoms with Gasteiger partial charge in [-0.25, -0.2) is 4.79 Å². The van der Waals surface area contributed by atoms with Crippen LogP contribution in [0.5, 0.6) is 0 Å². The first kappa shape index (κ1) is 36.5. The van der Waals surface area contributed by atoms with Crippen LogP contribution in [0.4, 0.5) is 17.1 Å². The molecule has 0 aliphatic heterocycles. The lowest BCUT2D eigenvalue weighted by atomic mass is 9.93. The van der Waals surface area contributed by atoms with E-state index >= 15 is 0 Å². The first-order valence-corrected chi connectivity index (χ1v) is 20.0. The Balaban J connectivity index is 1.24. The van der Waals surface area contributed by atoms with E-state index in [4.69, 9.17) is 8.75 Å². The molecule has 7 aromatic rings. The molecule has 268 valence electrons. The maximum atomic E-state index is 11.3. The highest BCUT2D eigenvalue weighted by atomic mass is 32.1. The van der Waals surface area contributed by atoms with Crippen LogP contribution < -0.4 is 4.90 Å². The van der Waals surface area contributed by atoms with Crippen LogP contribution in [0.2, 0.25) is 0 Å². The Morgan fingerprint density at radius 2 is 1.28 bits per heavy atom. The van der Waals surface area contributed by atoms with E-state index in [0.29, 0.717) is 5.56 Å². The molecule has 0 saturated carbocycles. The Morgan fingerprint density at radius 1 is 0.704 bits per heavy atom. The van der Waals surface area contributed by atoms with Crippen LogP contribution in [-0.4, -0.2) is 19.8 Å². The topological polar surface area (TPSA) is 90.1 Å². The van der Waals surface area contributed by atoms with E-state index in [1.54, 1.807) is 17.4 Å². The highest BCUT2D eigenvalue weighted by Crippen LogP contribution is 2.44. The van der Waals surface area contributed by atoms with Crippen molar-refractivity contribution in [1.29, 1.82) is 5.26 Å². The van der Waals surface area contributed by atoms with Gasteiger partial charge in [0.2, 0.25) is 0 Å². The smallest absolute Gasteiger partial charge is 0.346 e. The predicted molar refractivity (Wildman–Crippen MR) is 225 cm³/mol. The van der Waals surface area contributed by atoms with Gasteiger partial charge >= 0.3 is 5.97 Å². The lowest BCUT2D eigenvalue weighted by Gasteiger charge is -2.25. The van der Waals surface area contributed by atoms with Gasteiger partial charge in [-0.1, -0.05) is 124 Å². The number of anilines is 3. The molecule has 0 spiro atoms. The SMILES string of the molecule is CCCCCCCCc1c(-c2ccc(-c3ccc(/C=C(/C#N)C(=O)O)cc3)c3nsnc23)csc1-c1ccc(N(c2ccccc2)c2ccccc2)cc1. The maximum Gasteiger partial charge on any atom is 0.346 e. The molecule has 2 aromatic heterocycles. The number of carboxylic acids is 1. The van der Waals surface area contributed by atoms with Crippen LogP contribution in [0, 0.1) is 11.3 Å². The van der Waals surface area contributed by atoms with Crippen LogP contribution in [0.15, 0.2) is 132 Å². The summed E-state index contributed by atoms with van der Waals surface area (Å²) in [5.41, 5.74) is 12.2. The van der Waals surface area contributed by atoms with Crippen molar-refractivity contribution in [2.45, 2.75) is 51.9 Å². The van der Waals surface area contributed by atoms with Crippen LogP contribution in [0.25, 0.3) is 49.8 Å². The number of carbonyl (C=O) groups is 1. The summed E-state index contributed by atoms with van der Waals surface area (Å²) >= 11 is 3.01. The Kier molecular flexibility index (Phi) is 11.7. The summed E-state index contributed by atoms with van der Waals surface area (Å²) in [5, 5.41) is 20.7. The molecule has 7 rings (SSSR count). The molecule has 2 heterocycles. The van der Waals surface area contributed by atoms with Gasteiger partial charge in [0.15, 0.2) is 0 Å². The molecule has 0 amide bonds. The van der Waals surface area contributed by atoms with Gasteiger partial charge in [-0.05, 0) is 88.5 Å². The largest absolute Gasteiger partial charge is 0.477 e. The third-order valence-corrected chi connectivity index (χ3v) is 11.3. The quantitative estimate of drug-likeness (QED) is 0.0638. The Bertz CT molecular complexity index is 2370. The molecular weight excluding hydrogens is 705 g/mol. The van der Waals surface area contributed by atoms with Crippen molar-refractivity contribution >= 4 is 63.2 Å². The van der Waals surface area contributed by atoms with Gasteiger partial charge in [0, 0.05) is 33.1 Å². The number of carboxylic acid groups (broad SMARTS) is 1. The Labute approximate surface area is 324 Å². The van der Waals surface area contributed by atoms with Gasteiger partial charge < -0.3 is 10.0 Å². The van der Waals surface area contributed by atoms with Gasteiger partial charge in [-0.3, -0.25) is 0 Å². The number of rotatable bonds is 15. The van der Waals surface area contributed by atoms with Gasteiger partial charge in [-0.2, -0.15) is 14.0 Å². The second-order valence-corrected chi connectivity index (χ2v) is 14.7. The van der Waals surface area contributed by atoms with E-state index < -0.39 is 5.97 Å². The third-order valence-electron chi connectivity index (χ3n) is 9.68. The molecule has 0 unspecified atom stereocenters. The number of hydrogen-bond acceptors (Lipinski definition) is 7. The van der Waals surface area contributed by atoms with E-state index in [1.807, 2.05) is 36.4 Å². The molecule has 1 N–H and O–H groups in total. The van der Waals surface area contributed by atoms with Crippen molar-refractivity contribution in [1.82, 2.24) is 8.75 Å². The number of nitrogens with zero attached hydrogens (tertiary/aromatic N) is 4. The number of hydrogen-bond donors (Lipinski definition) is 1. The predicted octanol–water partition coefficient (Wildman–Crippen LogP) is 13.1. The number of nitriles is 1. The zero-order valence-electron chi connectivity index (χ0n) is 30.1. The van der Waals surface area contributed by atoms with Crippen molar-refractivity contribution in [3.8, 4) is 38.8 Å². The molecule has 54 heavy (non-hydrogen) atoms. The highest BCUT2D eigenvalue weighted by molar-refractivity contribution is 7.14. The van der Waals surface area contributed by atoms with Crippen molar-refractivity contribution in [3.63, 3.8) is 0 Å². The molecule has 8 heteroatoms. The minimum absolute atomic E-state index is 0.303. The monoisotopic (exact) mass is 744 g/mol. The van der Waals surface area contributed by atoms with Gasteiger partial charge in [0.25, 0.3) is 0 Å². The minimum Gasteiger partial charge on any atom is -0.477 e. The van der Waals surface area contributed by atoms with Crippen molar-refractivity contribution in [2.75, 3.05) is 4.90 Å². The van der Waals surface area contributed by atoms with Crippen LogP contribution in [0.1, 0.15) is 56.6 Å². The Hall–Kier alpha value is -5.88. The van der Waals surface area contributed by atoms with E-state index in [-0.39, 0.29) is 5.57 Å². The van der Waals surface area contributed by atoms with Gasteiger partial charge in [0.1, 0.15) is 22.7 Å². The normalized spacial score (nSPS) is 11.4. The lowest BCUT2D eigenvalue weighted by Crippen LogP contribution is -2.09. The van der Waals surface area contributed by atoms with E-state index in [9.17, 15) is 15.2 Å². The van der Waals surface area contributed by atoms with Crippen molar-refractivity contribution < 1.29 is 9.90 Å². The molecule has 6 nitrogen and oxygen atoms in total. The zero-order chi connectivity index (χ0) is 37.3. The molecule has 0 aliphatic rings. The standard InChI is InChI=1S/C46H40N4O2S2/c1-2-3-4-5-6-13-18-41-42(40-28-27-39(43-44(40)49-54-48-43)33-21-19-32(20-22-33)29-35(30-47)46(51)52)31-53-45(41)34-23-25-38(26-24-34)50(36-14-9-7-10-15-36)37-16-11-8-12-17-37/h7-12,14-17,19-29,31H,2-6,13,18H2,1H3,(H,51,52)/b35-29-. The van der Waals surface area contributed by atoms with E-state index in [2.05, 4.69) is 102 Å². The number of aromatic nitrogens is 2. The summed E-state index contributed by atoms with van der Waals surface area (Å²) < 4.78 is 9.59. The summed E-state index contributed by atoms with van der Waals surface area (Å²) in [6.45, 7) is 2.26. The third kappa shape index (κ3) is 8.03. The number of para-hydroxylation sites is 2. The molecular formula is C46H40N4O2S2. The van der Waals surface area contributed by atoms with Crippen LogP contribution >= 0.6 is 23.1 Å². The number of fused-ring (bicyclic) bond motifs is 1. The van der Waals surface area contributed by atoms with Crippen LogP contribution in [-0.2, 0) is 11.2 Å². The fourth-order valence-corrected chi connectivity index (χ4v) is 8.63. The molecule has 0 bridgehead atoms. The summed E-state index contributed by atoms with van der Waals surface area (Å²) in [6.07, 6.45) is 9.76. The minimum atomic E-state index is -1.24. The number of benzene rings is 5. The summed E-state index contributed by atoms with van der Waals surface area (Å²) in [6, 6.07) is 43.5. The van der Waals surface area contributed by atoms with Crippen molar-refractivity contribution in [3.05, 3.63) is 143 Å². The molecule has 0 atom stereocenters. The molecule has 0 aliphatic carbocycles. The number of thiophene rings is 1. The van der Waals surface area contributed by atoms with E-state index in [1.165, 1.54) is 71.5 Å². The first-order chi connectivity index (χ1) is 26.6. The second-order valence-electron chi connectivity index (χ2n) is 13.2. The van der Waals surface area contributed by atoms with Crippen molar-refractivity contribution in [2.24, 2.45) is 0 Å².